The maximum atomic E-state index is 6.32. The lowest BCUT2D eigenvalue weighted by Gasteiger charge is -2.36. The lowest BCUT2D eigenvalue weighted by Crippen LogP contribution is -2.51. The smallest absolute Gasteiger partial charge is 0.121 e. The first-order valence-electron chi connectivity index (χ1n) is 6.92. The molecule has 1 aliphatic rings. The summed E-state index contributed by atoms with van der Waals surface area (Å²) in [6.45, 7) is 7.52. The van der Waals surface area contributed by atoms with Crippen LogP contribution in [0.1, 0.15) is 20.3 Å². The summed E-state index contributed by atoms with van der Waals surface area (Å²) >= 11 is 6.32. The van der Waals surface area contributed by atoms with Gasteiger partial charge in [-0.3, -0.25) is 0 Å². The van der Waals surface area contributed by atoms with Crippen LogP contribution >= 0.6 is 11.6 Å². The third kappa shape index (κ3) is 3.77. The van der Waals surface area contributed by atoms with E-state index in [-0.39, 0.29) is 0 Å². The lowest BCUT2D eigenvalue weighted by atomic mass is 10.0. The molecule has 1 aromatic carbocycles. The SMILES string of the molecule is COc1ccc(Cl)c(N2CCNC(CC(C)C)C2)c1. The van der Waals surface area contributed by atoms with Crippen molar-refractivity contribution >= 4 is 17.3 Å². The Labute approximate surface area is 120 Å². The number of benzene rings is 1. The number of hydrogen-bond acceptors (Lipinski definition) is 3. The highest BCUT2D eigenvalue weighted by Gasteiger charge is 2.22. The van der Waals surface area contributed by atoms with E-state index in [1.165, 1.54) is 6.42 Å². The van der Waals surface area contributed by atoms with E-state index in [0.29, 0.717) is 12.0 Å². The normalized spacial score (nSPS) is 19.8. The molecule has 1 fully saturated rings. The summed E-state index contributed by atoms with van der Waals surface area (Å²) in [6.07, 6.45) is 1.19. The van der Waals surface area contributed by atoms with Crippen molar-refractivity contribution in [1.29, 1.82) is 0 Å². The van der Waals surface area contributed by atoms with Gasteiger partial charge in [0, 0.05) is 31.7 Å². The van der Waals surface area contributed by atoms with Gasteiger partial charge in [0.2, 0.25) is 0 Å². The average molecular weight is 283 g/mol. The molecule has 4 heteroatoms. The van der Waals surface area contributed by atoms with Crippen LogP contribution in [-0.4, -0.2) is 32.8 Å². The Kier molecular flexibility index (Phi) is 4.94. The zero-order chi connectivity index (χ0) is 13.8. The topological polar surface area (TPSA) is 24.5 Å². The minimum atomic E-state index is 0.538. The van der Waals surface area contributed by atoms with Gasteiger partial charge in [-0.1, -0.05) is 25.4 Å². The molecule has 2 rings (SSSR count). The zero-order valence-corrected chi connectivity index (χ0v) is 12.7. The molecule has 1 aromatic rings. The fourth-order valence-electron chi connectivity index (χ4n) is 2.63. The number of nitrogens with zero attached hydrogens (tertiary/aromatic N) is 1. The minimum Gasteiger partial charge on any atom is -0.497 e. The number of piperazine rings is 1. The van der Waals surface area contributed by atoms with Crippen LogP contribution in [0.25, 0.3) is 0 Å². The Morgan fingerprint density at radius 3 is 2.95 bits per heavy atom. The van der Waals surface area contributed by atoms with Crippen LogP contribution in [0.4, 0.5) is 5.69 Å². The van der Waals surface area contributed by atoms with Gasteiger partial charge in [0.1, 0.15) is 5.75 Å². The number of anilines is 1. The Bertz CT molecular complexity index is 423. The van der Waals surface area contributed by atoms with Crippen LogP contribution in [0.5, 0.6) is 5.75 Å². The molecule has 0 amide bonds. The summed E-state index contributed by atoms with van der Waals surface area (Å²) < 4.78 is 5.29. The van der Waals surface area contributed by atoms with Crippen molar-refractivity contribution in [2.24, 2.45) is 5.92 Å². The number of rotatable bonds is 4. The Morgan fingerprint density at radius 2 is 2.26 bits per heavy atom. The largest absolute Gasteiger partial charge is 0.497 e. The third-order valence-electron chi connectivity index (χ3n) is 3.51. The molecule has 1 unspecified atom stereocenters. The van der Waals surface area contributed by atoms with Gasteiger partial charge < -0.3 is 15.0 Å². The van der Waals surface area contributed by atoms with Crippen molar-refractivity contribution in [3.05, 3.63) is 23.2 Å². The van der Waals surface area contributed by atoms with Crippen molar-refractivity contribution in [1.82, 2.24) is 5.32 Å². The first-order valence-corrected chi connectivity index (χ1v) is 7.30. The second-order valence-corrected chi connectivity index (χ2v) is 5.95. The van der Waals surface area contributed by atoms with E-state index in [0.717, 1.165) is 36.1 Å². The molecular formula is C15H23ClN2O. The van der Waals surface area contributed by atoms with Gasteiger partial charge >= 0.3 is 0 Å². The predicted molar refractivity (Wildman–Crippen MR) is 81.5 cm³/mol. The molecule has 1 heterocycles. The Hall–Kier alpha value is -0.930. The average Bonchev–Trinajstić information content (AvgIpc) is 2.39. The first-order chi connectivity index (χ1) is 9.10. The molecule has 1 N–H and O–H groups in total. The van der Waals surface area contributed by atoms with Crippen molar-refractivity contribution in [2.75, 3.05) is 31.6 Å². The maximum Gasteiger partial charge on any atom is 0.121 e. The van der Waals surface area contributed by atoms with E-state index in [1.807, 2.05) is 18.2 Å². The van der Waals surface area contributed by atoms with Gasteiger partial charge in [-0.2, -0.15) is 0 Å². The summed E-state index contributed by atoms with van der Waals surface area (Å²) in [5.41, 5.74) is 1.08. The number of hydrogen-bond donors (Lipinski definition) is 1. The fourth-order valence-corrected chi connectivity index (χ4v) is 2.87. The van der Waals surface area contributed by atoms with Crippen LogP contribution in [0.3, 0.4) is 0 Å². The molecule has 106 valence electrons. The number of nitrogens with one attached hydrogen (secondary N) is 1. The first kappa shape index (κ1) is 14.5. The van der Waals surface area contributed by atoms with E-state index < -0.39 is 0 Å². The highest BCUT2D eigenvalue weighted by atomic mass is 35.5. The van der Waals surface area contributed by atoms with E-state index >= 15 is 0 Å². The standard InChI is InChI=1S/C15H23ClN2O/c1-11(2)8-12-10-18(7-6-17-12)15-9-13(19-3)4-5-14(15)16/h4-5,9,11-12,17H,6-8,10H2,1-3H3. The van der Waals surface area contributed by atoms with Gasteiger partial charge in [0.15, 0.2) is 0 Å². The summed E-state index contributed by atoms with van der Waals surface area (Å²) in [4.78, 5) is 2.36. The quantitative estimate of drug-likeness (QED) is 0.918. The van der Waals surface area contributed by atoms with Crippen molar-refractivity contribution in [2.45, 2.75) is 26.3 Å². The van der Waals surface area contributed by atoms with Crippen LogP contribution in [-0.2, 0) is 0 Å². The van der Waals surface area contributed by atoms with Crippen LogP contribution in [0, 0.1) is 5.92 Å². The molecular weight excluding hydrogens is 260 g/mol. The number of ether oxygens (including phenoxy) is 1. The molecule has 0 aliphatic carbocycles. The molecule has 0 bridgehead atoms. The monoisotopic (exact) mass is 282 g/mol. The Balaban J connectivity index is 2.12. The van der Waals surface area contributed by atoms with Gasteiger partial charge in [0.05, 0.1) is 17.8 Å². The second kappa shape index (κ2) is 6.49. The van der Waals surface area contributed by atoms with Crippen molar-refractivity contribution in [3.63, 3.8) is 0 Å². The summed E-state index contributed by atoms with van der Waals surface area (Å²) in [7, 11) is 1.69. The summed E-state index contributed by atoms with van der Waals surface area (Å²) in [6, 6.07) is 6.38. The summed E-state index contributed by atoms with van der Waals surface area (Å²) in [5, 5.41) is 4.38. The molecule has 1 atom stereocenters. The molecule has 0 spiro atoms. The van der Waals surface area contributed by atoms with Crippen molar-refractivity contribution < 1.29 is 4.74 Å². The van der Waals surface area contributed by atoms with E-state index in [4.69, 9.17) is 16.3 Å². The van der Waals surface area contributed by atoms with Gasteiger partial charge in [-0.15, -0.1) is 0 Å². The maximum absolute atomic E-state index is 6.32. The molecule has 1 aliphatic heterocycles. The predicted octanol–water partition coefficient (Wildman–Crippen LogP) is 3.17. The summed E-state index contributed by atoms with van der Waals surface area (Å²) in [5.74, 6) is 1.57. The van der Waals surface area contributed by atoms with E-state index in [2.05, 4.69) is 24.1 Å². The molecule has 0 radical (unpaired) electrons. The zero-order valence-electron chi connectivity index (χ0n) is 11.9. The van der Waals surface area contributed by atoms with Crippen LogP contribution < -0.4 is 15.0 Å². The lowest BCUT2D eigenvalue weighted by molar-refractivity contribution is 0.387. The third-order valence-corrected chi connectivity index (χ3v) is 3.83. The molecule has 1 saturated heterocycles. The van der Waals surface area contributed by atoms with Crippen LogP contribution in [0.15, 0.2) is 18.2 Å². The highest BCUT2D eigenvalue weighted by Crippen LogP contribution is 2.31. The second-order valence-electron chi connectivity index (χ2n) is 5.54. The van der Waals surface area contributed by atoms with Gasteiger partial charge in [0.25, 0.3) is 0 Å². The van der Waals surface area contributed by atoms with Gasteiger partial charge in [-0.25, -0.2) is 0 Å². The van der Waals surface area contributed by atoms with E-state index in [9.17, 15) is 0 Å². The van der Waals surface area contributed by atoms with Crippen LogP contribution in [0.2, 0.25) is 5.02 Å². The number of halogens is 1. The molecule has 0 aromatic heterocycles. The van der Waals surface area contributed by atoms with E-state index in [1.54, 1.807) is 7.11 Å². The minimum absolute atomic E-state index is 0.538. The Morgan fingerprint density at radius 1 is 1.47 bits per heavy atom. The van der Waals surface area contributed by atoms with Gasteiger partial charge in [-0.05, 0) is 24.5 Å². The molecule has 19 heavy (non-hydrogen) atoms. The fraction of sp³-hybridized carbons (Fsp3) is 0.600. The highest BCUT2D eigenvalue weighted by molar-refractivity contribution is 6.33. The molecule has 0 saturated carbocycles. The number of methoxy groups -OCH3 is 1. The molecule has 3 nitrogen and oxygen atoms in total. The van der Waals surface area contributed by atoms with Crippen molar-refractivity contribution in [3.8, 4) is 5.75 Å².